The fourth-order valence-corrected chi connectivity index (χ4v) is 4.14. The van der Waals surface area contributed by atoms with E-state index in [1.165, 1.54) is 5.01 Å². The molecule has 24 heavy (non-hydrogen) atoms. The summed E-state index contributed by atoms with van der Waals surface area (Å²) in [6.45, 7) is 4.18. The van der Waals surface area contributed by atoms with Gasteiger partial charge in [0.25, 0.3) is 0 Å². The number of aliphatic hydroxyl groups is 1. The lowest BCUT2D eigenvalue weighted by Crippen LogP contribution is -2.33. The van der Waals surface area contributed by atoms with Crippen molar-refractivity contribution in [3.05, 3.63) is 39.3 Å². The number of thiazole rings is 1. The SMILES string of the molecule is CCCc1nc(CN2Cc3c(OC)ccc(OC)c3[C@@H](O)C2)cs1. The van der Waals surface area contributed by atoms with Crippen LogP contribution in [0.15, 0.2) is 17.5 Å². The lowest BCUT2D eigenvalue weighted by Gasteiger charge is -2.33. The van der Waals surface area contributed by atoms with Crippen LogP contribution in [0.5, 0.6) is 11.5 Å². The summed E-state index contributed by atoms with van der Waals surface area (Å²) in [6, 6.07) is 3.75. The molecule has 0 saturated carbocycles. The summed E-state index contributed by atoms with van der Waals surface area (Å²) in [6.07, 6.45) is 1.55. The van der Waals surface area contributed by atoms with Crippen LogP contribution in [0.3, 0.4) is 0 Å². The van der Waals surface area contributed by atoms with Crippen molar-refractivity contribution >= 4 is 11.3 Å². The Balaban J connectivity index is 1.82. The van der Waals surface area contributed by atoms with Crippen molar-refractivity contribution in [2.75, 3.05) is 20.8 Å². The van der Waals surface area contributed by atoms with E-state index in [4.69, 9.17) is 14.5 Å². The average Bonchev–Trinajstić information content (AvgIpc) is 3.01. The van der Waals surface area contributed by atoms with E-state index in [0.717, 1.165) is 47.7 Å². The lowest BCUT2D eigenvalue weighted by atomic mass is 9.95. The highest BCUT2D eigenvalue weighted by Crippen LogP contribution is 2.39. The van der Waals surface area contributed by atoms with E-state index in [9.17, 15) is 5.11 Å². The predicted molar refractivity (Wildman–Crippen MR) is 94.7 cm³/mol. The van der Waals surface area contributed by atoms with Gasteiger partial charge in [-0.1, -0.05) is 6.92 Å². The van der Waals surface area contributed by atoms with E-state index < -0.39 is 6.10 Å². The Bertz CT molecular complexity index is 702. The normalized spacial score (nSPS) is 17.6. The highest BCUT2D eigenvalue weighted by Gasteiger charge is 2.29. The third kappa shape index (κ3) is 3.41. The first kappa shape index (κ1) is 17.2. The van der Waals surface area contributed by atoms with Crippen LogP contribution >= 0.6 is 11.3 Å². The number of hydrogen-bond donors (Lipinski definition) is 1. The fourth-order valence-electron chi connectivity index (χ4n) is 3.24. The minimum Gasteiger partial charge on any atom is -0.496 e. The van der Waals surface area contributed by atoms with Crippen molar-refractivity contribution < 1.29 is 14.6 Å². The van der Waals surface area contributed by atoms with Crippen LogP contribution in [-0.4, -0.2) is 35.8 Å². The van der Waals surface area contributed by atoms with E-state index in [1.807, 2.05) is 12.1 Å². The number of aromatic nitrogens is 1. The molecular formula is C18H24N2O3S. The Hall–Kier alpha value is -1.63. The summed E-state index contributed by atoms with van der Waals surface area (Å²) >= 11 is 1.72. The zero-order valence-electron chi connectivity index (χ0n) is 14.4. The monoisotopic (exact) mass is 348 g/mol. The average molecular weight is 348 g/mol. The van der Waals surface area contributed by atoms with Crippen LogP contribution in [0.2, 0.25) is 0 Å². The topological polar surface area (TPSA) is 54.8 Å². The molecule has 1 aromatic carbocycles. The maximum Gasteiger partial charge on any atom is 0.125 e. The van der Waals surface area contributed by atoms with E-state index >= 15 is 0 Å². The van der Waals surface area contributed by atoms with E-state index in [-0.39, 0.29) is 0 Å². The number of β-amino-alcohol motifs (C(OH)–C–C–N with tert-alkyl or cyclic N) is 1. The largest absolute Gasteiger partial charge is 0.496 e. The number of benzene rings is 1. The third-order valence-electron chi connectivity index (χ3n) is 4.31. The molecule has 1 aliphatic rings. The van der Waals surface area contributed by atoms with E-state index in [2.05, 4.69) is 17.2 Å². The Morgan fingerprint density at radius 2 is 2.04 bits per heavy atom. The maximum absolute atomic E-state index is 10.6. The first-order chi connectivity index (χ1) is 11.7. The molecule has 1 N–H and O–H groups in total. The third-order valence-corrected chi connectivity index (χ3v) is 5.27. The van der Waals surface area contributed by atoms with Gasteiger partial charge >= 0.3 is 0 Å². The quantitative estimate of drug-likeness (QED) is 0.869. The Morgan fingerprint density at radius 3 is 2.75 bits per heavy atom. The number of ether oxygens (including phenoxy) is 2. The molecular weight excluding hydrogens is 324 g/mol. The number of methoxy groups -OCH3 is 2. The molecule has 1 aromatic heterocycles. The summed E-state index contributed by atoms with van der Waals surface area (Å²) in [5.41, 5.74) is 2.92. The number of aryl methyl sites for hydroxylation is 1. The molecule has 5 nitrogen and oxygen atoms in total. The van der Waals surface area contributed by atoms with Crippen LogP contribution in [0.1, 0.15) is 41.3 Å². The number of rotatable bonds is 6. The highest BCUT2D eigenvalue weighted by atomic mass is 32.1. The molecule has 0 amide bonds. The van der Waals surface area contributed by atoms with Gasteiger partial charge in [0.2, 0.25) is 0 Å². The van der Waals surface area contributed by atoms with Crippen molar-refractivity contribution in [3.63, 3.8) is 0 Å². The van der Waals surface area contributed by atoms with Gasteiger partial charge in [-0.3, -0.25) is 4.90 Å². The molecule has 3 rings (SSSR count). The fraction of sp³-hybridized carbons (Fsp3) is 0.500. The molecule has 0 bridgehead atoms. The molecule has 1 atom stereocenters. The number of nitrogens with zero attached hydrogens (tertiary/aromatic N) is 2. The van der Waals surface area contributed by atoms with Gasteiger partial charge in [-0.05, 0) is 25.0 Å². The second-order valence-corrected chi connectivity index (χ2v) is 6.97. The van der Waals surface area contributed by atoms with Gasteiger partial charge in [0.15, 0.2) is 0 Å². The van der Waals surface area contributed by atoms with E-state index in [1.54, 1.807) is 25.6 Å². The molecule has 130 valence electrons. The first-order valence-corrected chi connectivity index (χ1v) is 9.11. The molecule has 6 heteroatoms. The van der Waals surface area contributed by atoms with Crippen LogP contribution < -0.4 is 9.47 Å². The number of aliphatic hydroxyl groups excluding tert-OH is 1. The van der Waals surface area contributed by atoms with Crippen molar-refractivity contribution in [1.82, 2.24) is 9.88 Å². The minimum atomic E-state index is -0.590. The predicted octanol–water partition coefficient (Wildman–Crippen LogP) is 3.16. The van der Waals surface area contributed by atoms with Gasteiger partial charge in [0.1, 0.15) is 11.5 Å². The van der Waals surface area contributed by atoms with Crippen molar-refractivity contribution in [2.45, 2.75) is 39.0 Å². The standard InChI is InChI=1S/C18H24N2O3S/c1-4-5-17-19-12(11-24-17)8-20-9-13-15(22-2)6-7-16(23-3)18(13)14(21)10-20/h6-7,11,14,21H,4-5,8-10H2,1-3H3/t14-/m0/s1. The molecule has 0 saturated heterocycles. The summed E-state index contributed by atoms with van der Waals surface area (Å²) in [4.78, 5) is 6.90. The number of fused-ring (bicyclic) bond motifs is 1. The van der Waals surface area contributed by atoms with Gasteiger partial charge in [0, 0.05) is 36.1 Å². The minimum absolute atomic E-state index is 0.567. The van der Waals surface area contributed by atoms with Crippen LogP contribution in [0, 0.1) is 0 Å². The van der Waals surface area contributed by atoms with Gasteiger partial charge in [-0.15, -0.1) is 11.3 Å². The molecule has 0 fully saturated rings. The zero-order valence-corrected chi connectivity index (χ0v) is 15.2. The summed E-state index contributed by atoms with van der Waals surface area (Å²) in [5.74, 6) is 1.51. The van der Waals surface area contributed by atoms with Crippen LogP contribution in [0.25, 0.3) is 0 Å². The second kappa shape index (κ2) is 7.51. The van der Waals surface area contributed by atoms with Gasteiger partial charge in [-0.25, -0.2) is 4.98 Å². The van der Waals surface area contributed by atoms with Crippen LogP contribution in [-0.2, 0) is 19.5 Å². The molecule has 1 aliphatic heterocycles. The summed E-state index contributed by atoms with van der Waals surface area (Å²) in [7, 11) is 3.29. The molecule has 2 heterocycles. The molecule has 0 spiro atoms. The summed E-state index contributed by atoms with van der Waals surface area (Å²) < 4.78 is 10.9. The van der Waals surface area contributed by atoms with Crippen LogP contribution in [0.4, 0.5) is 0 Å². The van der Waals surface area contributed by atoms with Gasteiger partial charge in [-0.2, -0.15) is 0 Å². The summed E-state index contributed by atoms with van der Waals surface area (Å²) in [5, 5.41) is 13.9. The molecule has 0 unspecified atom stereocenters. The molecule has 0 aliphatic carbocycles. The highest BCUT2D eigenvalue weighted by molar-refractivity contribution is 7.09. The lowest BCUT2D eigenvalue weighted by molar-refractivity contribution is 0.0837. The Labute approximate surface area is 146 Å². The Morgan fingerprint density at radius 1 is 1.29 bits per heavy atom. The zero-order chi connectivity index (χ0) is 17.1. The smallest absolute Gasteiger partial charge is 0.125 e. The molecule has 2 aromatic rings. The van der Waals surface area contributed by atoms with Crippen molar-refractivity contribution in [3.8, 4) is 11.5 Å². The number of hydrogen-bond acceptors (Lipinski definition) is 6. The maximum atomic E-state index is 10.6. The second-order valence-electron chi connectivity index (χ2n) is 6.03. The first-order valence-electron chi connectivity index (χ1n) is 8.23. The Kier molecular flexibility index (Phi) is 5.38. The van der Waals surface area contributed by atoms with Gasteiger partial charge in [0.05, 0.1) is 31.0 Å². The molecule has 0 radical (unpaired) electrons. The van der Waals surface area contributed by atoms with E-state index in [0.29, 0.717) is 13.1 Å². The van der Waals surface area contributed by atoms with Gasteiger partial charge < -0.3 is 14.6 Å². The van der Waals surface area contributed by atoms with Crippen molar-refractivity contribution in [1.29, 1.82) is 0 Å². The van der Waals surface area contributed by atoms with Crippen molar-refractivity contribution in [2.24, 2.45) is 0 Å².